The van der Waals surface area contributed by atoms with Crippen molar-refractivity contribution in [2.45, 2.75) is 37.7 Å². The minimum absolute atomic E-state index is 0.211. The molecule has 2 rings (SSSR count). The van der Waals surface area contributed by atoms with E-state index in [1.807, 2.05) is 0 Å². The molecule has 0 radical (unpaired) electrons. The molecule has 0 saturated heterocycles. The lowest BCUT2D eigenvalue weighted by Gasteiger charge is -2.25. The maximum atomic E-state index is 5.42. The van der Waals surface area contributed by atoms with Gasteiger partial charge in [0.15, 0.2) is 5.96 Å². The van der Waals surface area contributed by atoms with Gasteiger partial charge in [0.1, 0.15) is 0 Å². The second-order valence-electron chi connectivity index (χ2n) is 6.50. The molecule has 1 fully saturated rings. The van der Waals surface area contributed by atoms with Gasteiger partial charge in [0.2, 0.25) is 0 Å². The van der Waals surface area contributed by atoms with Crippen LogP contribution in [0, 0.1) is 0 Å². The molecule has 0 heterocycles. The van der Waals surface area contributed by atoms with E-state index in [4.69, 9.17) is 4.74 Å². The lowest BCUT2D eigenvalue weighted by molar-refractivity contribution is 0.0268. The second kappa shape index (κ2) is 7.01. The maximum Gasteiger partial charge on any atom is 0.191 e. The van der Waals surface area contributed by atoms with Crippen LogP contribution in [0.2, 0.25) is 0 Å². The Bertz CT molecular complexity index is 538. The van der Waals surface area contributed by atoms with E-state index in [0.29, 0.717) is 6.54 Å². The van der Waals surface area contributed by atoms with Crippen molar-refractivity contribution in [3.63, 3.8) is 0 Å². The van der Waals surface area contributed by atoms with E-state index in [-0.39, 0.29) is 11.0 Å². The third kappa shape index (κ3) is 4.23. The normalized spacial score (nSPS) is 17.2. The number of methoxy groups -OCH3 is 1. The van der Waals surface area contributed by atoms with Gasteiger partial charge in [-0.25, -0.2) is 0 Å². The van der Waals surface area contributed by atoms with Crippen LogP contribution in [-0.2, 0) is 10.2 Å². The van der Waals surface area contributed by atoms with Gasteiger partial charge in [-0.05, 0) is 38.3 Å². The molecule has 5 heteroatoms. The Morgan fingerprint density at radius 3 is 2.55 bits per heavy atom. The zero-order valence-electron chi connectivity index (χ0n) is 13.9. The van der Waals surface area contributed by atoms with Crippen molar-refractivity contribution in [1.82, 2.24) is 10.6 Å². The molecule has 1 aliphatic rings. The molecule has 122 valence electrons. The fraction of sp³-hybridized carbons (Fsp3) is 0.588. The van der Waals surface area contributed by atoms with Gasteiger partial charge in [0.05, 0.1) is 5.60 Å². The van der Waals surface area contributed by atoms with Crippen molar-refractivity contribution in [1.29, 1.82) is 0 Å². The maximum absolute atomic E-state index is 5.42. The van der Waals surface area contributed by atoms with Gasteiger partial charge in [0, 0.05) is 37.1 Å². The third-order valence-electron chi connectivity index (χ3n) is 4.35. The average Bonchev–Trinajstić information content (AvgIpc) is 3.29. The number of guanidine groups is 1. The minimum Gasteiger partial charge on any atom is -0.377 e. The van der Waals surface area contributed by atoms with Crippen LogP contribution in [0.15, 0.2) is 33.7 Å². The molecule has 0 unspecified atom stereocenters. The van der Waals surface area contributed by atoms with Crippen LogP contribution in [0.3, 0.4) is 0 Å². The van der Waals surface area contributed by atoms with E-state index >= 15 is 0 Å². The lowest BCUT2D eigenvalue weighted by atomic mass is 9.96. The largest absolute Gasteiger partial charge is 0.377 e. The standard InChI is InChI=1S/C17H26BrN3O/c1-16(2,22-4)11-20-15(19-3)21-12-17(9-10-17)13-7-5-6-8-14(13)18/h5-8H,9-12H2,1-4H3,(H2,19,20,21). The monoisotopic (exact) mass is 367 g/mol. The third-order valence-corrected chi connectivity index (χ3v) is 5.04. The van der Waals surface area contributed by atoms with Crippen LogP contribution in [0.25, 0.3) is 0 Å². The van der Waals surface area contributed by atoms with Gasteiger partial charge in [-0.1, -0.05) is 34.1 Å². The summed E-state index contributed by atoms with van der Waals surface area (Å²) in [6.07, 6.45) is 2.42. The Balaban J connectivity index is 1.93. The molecule has 0 atom stereocenters. The number of halogens is 1. The van der Waals surface area contributed by atoms with Gasteiger partial charge >= 0.3 is 0 Å². The fourth-order valence-corrected chi connectivity index (χ4v) is 3.13. The van der Waals surface area contributed by atoms with Crippen LogP contribution in [0.5, 0.6) is 0 Å². The number of ether oxygens (including phenoxy) is 1. The summed E-state index contributed by atoms with van der Waals surface area (Å²) in [5.41, 5.74) is 1.40. The number of benzene rings is 1. The van der Waals surface area contributed by atoms with Gasteiger partial charge in [0.25, 0.3) is 0 Å². The highest BCUT2D eigenvalue weighted by atomic mass is 79.9. The Hall–Kier alpha value is -1.07. The molecule has 1 aliphatic carbocycles. The van der Waals surface area contributed by atoms with Gasteiger partial charge < -0.3 is 15.4 Å². The summed E-state index contributed by atoms with van der Waals surface area (Å²) in [5.74, 6) is 0.823. The molecule has 0 spiro atoms. The molecule has 1 aromatic carbocycles. The zero-order chi connectivity index (χ0) is 16.2. The SMILES string of the molecule is CN=C(NCC(C)(C)OC)NCC1(c2ccccc2Br)CC1. The molecule has 0 aromatic heterocycles. The Morgan fingerprint density at radius 1 is 1.32 bits per heavy atom. The second-order valence-corrected chi connectivity index (χ2v) is 7.36. The molecular weight excluding hydrogens is 342 g/mol. The van der Waals surface area contributed by atoms with E-state index in [2.05, 4.69) is 69.7 Å². The summed E-state index contributed by atoms with van der Waals surface area (Å²) >= 11 is 3.67. The number of nitrogens with zero attached hydrogens (tertiary/aromatic N) is 1. The van der Waals surface area contributed by atoms with E-state index in [9.17, 15) is 0 Å². The molecule has 22 heavy (non-hydrogen) atoms. The smallest absolute Gasteiger partial charge is 0.191 e. The molecule has 1 saturated carbocycles. The van der Waals surface area contributed by atoms with Crippen molar-refractivity contribution in [2.24, 2.45) is 4.99 Å². The first-order valence-corrected chi connectivity index (χ1v) is 8.46. The van der Waals surface area contributed by atoms with E-state index in [1.54, 1.807) is 14.2 Å². The predicted octanol–water partition coefficient (Wildman–Crippen LogP) is 3.07. The predicted molar refractivity (Wildman–Crippen MR) is 95.5 cm³/mol. The van der Waals surface area contributed by atoms with Gasteiger partial charge in [-0.2, -0.15) is 0 Å². The van der Waals surface area contributed by atoms with Crippen molar-refractivity contribution in [3.05, 3.63) is 34.3 Å². The van der Waals surface area contributed by atoms with Crippen molar-refractivity contribution in [2.75, 3.05) is 27.2 Å². The Labute approximate surface area is 141 Å². The summed E-state index contributed by atoms with van der Waals surface area (Å²) in [6.45, 7) is 5.71. The summed E-state index contributed by atoms with van der Waals surface area (Å²) in [5, 5.41) is 6.79. The molecule has 1 aromatic rings. The van der Waals surface area contributed by atoms with Crippen molar-refractivity contribution >= 4 is 21.9 Å². The summed E-state index contributed by atoms with van der Waals surface area (Å²) < 4.78 is 6.62. The first kappa shape index (κ1) is 17.3. The first-order valence-electron chi connectivity index (χ1n) is 7.67. The summed E-state index contributed by atoms with van der Waals surface area (Å²) in [7, 11) is 3.52. The summed E-state index contributed by atoms with van der Waals surface area (Å²) in [4.78, 5) is 4.30. The van der Waals surface area contributed by atoms with E-state index < -0.39 is 0 Å². The number of rotatable bonds is 6. The van der Waals surface area contributed by atoms with Crippen LogP contribution in [0.1, 0.15) is 32.3 Å². The van der Waals surface area contributed by atoms with Crippen LogP contribution in [-0.4, -0.2) is 38.8 Å². The molecule has 4 nitrogen and oxygen atoms in total. The van der Waals surface area contributed by atoms with E-state index in [0.717, 1.165) is 12.5 Å². The number of aliphatic imine (C=N–C) groups is 1. The van der Waals surface area contributed by atoms with Gasteiger partial charge in [-0.3, -0.25) is 4.99 Å². The molecule has 0 bridgehead atoms. The number of hydrogen-bond donors (Lipinski definition) is 2. The fourth-order valence-electron chi connectivity index (χ4n) is 2.43. The average molecular weight is 368 g/mol. The molecular formula is C17H26BrN3O. The molecule has 0 aliphatic heterocycles. The molecule has 2 N–H and O–H groups in total. The Kier molecular flexibility index (Phi) is 5.50. The van der Waals surface area contributed by atoms with Crippen molar-refractivity contribution < 1.29 is 4.74 Å². The van der Waals surface area contributed by atoms with Crippen LogP contribution >= 0.6 is 15.9 Å². The van der Waals surface area contributed by atoms with E-state index in [1.165, 1.54) is 22.9 Å². The van der Waals surface area contributed by atoms with Crippen LogP contribution in [0.4, 0.5) is 0 Å². The highest BCUT2D eigenvalue weighted by molar-refractivity contribution is 9.10. The quantitative estimate of drug-likeness (QED) is 0.599. The molecule has 0 amide bonds. The van der Waals surface area contributed by atoms with Crippen molar-refractivity contribution in [3.8, 4) is 0 Å². The minimum atomic E-state index is -0.211. The first-order chi connectivity index (χ1) is 10.4. The highest BCUT2D eigenvalue weighted by Gasteiger charge is 2.45. The number of nitrogens with one attached hydrogen (secondary N) is 2. The zero-order valence-corrected chi connectivity index (χ0v) is 15.5. The van der Waals surface area contributed by atoms with Crippen LogP contribution < -0.4 is 10.6 Å². The van der Waals surface area contributed by atoms with Gasteiger partial charge in [-0.15, -0.1) is 0 Å². The Morgan fingerprint density at radius 2 is 2.00 bits per heavy atom. The number of hydrogen-bond acceptors (Lipinski definition) is 2. The summed E-state index contributed by atoms with van der Waals surface area (Å²) in [6, 6.07) is 8.49. The topological polar surface area (TPSA) is 45.7 Å². The lowest BCUT2D eigenvalue weighted by Crippen LogP contribution is -2.47. The highest BCUT2D eigenvalue weighted by Crippen LogP contribution is 2.49.